The summed E-state index contributed by atoms with van der Waals surface area (Å²) in [5, 5.41) is 2.84. The van der Waals surface area contributed by atoms with Gasteiger partial charge in [-0.05, 0) is 69.7 Å². The summed E-state index contributed by atoms with van der Waals surface area (Å²) in [7, 11) is 0. The quantitative estimate of drug-likeness (QED) is 0.740. The van der Waals surface area contributed by atoms with Gasteiger partial charge in [-0.2, -0.15) is 0 Å². The normalized spacial score (nSPS) is 13.8. The summed E-state index contributed by atoms with van der Waals surface area (Å²) >= 11 is 3.39. The monoisotopic (exact) mass is 414 g/mol. The molecule has 0 radical (unpaired) electrons. The number of anilines is 1. The van der Waals surface area contributed by atoms with Gasteiger partial charge < -0.3 is 5.32 Å². The first kappa shape index (κ1) is 18.3. The molecule has 3 rings (SSSR count). The van der Waals surface area contributed by atoms with Gasteiger partial charge in [0.1, 0.15) is 0 Å². The Balaban J connectivity index is 1.91. The third-order valence-electron chi connectivity index (χ3n) is 4.26. The highest BCUT2D eigenvalue weighted by Gasteiger charge is 2.42. The zero-order valence-electron chi connectivity index (χ0n) is 15.0. The summed E-state index contributed by atoms with van der Waals surface area (Å²) in [5.41, 5.74) is 1.93. The van der Waals surface area contributed by atoms with Crippen LogP contribution in [0.4, 0.5) is 5.69 Å². The number of carbonyl (C=O) groups is 3. The van der Waals surface area contributed by atoms with Crippen LogP contribution < -0.4 is 5.32 Å². The van der Waals surface area contributed by atoms with Crippen LogP contribution in [0.2, 0.25) is 0 Å². The molecule has 0 spiro atoms. The van der Waals surface area contributed by atoms with Crippen molar-refractivity contribution in [3.63, 3.8) is 0 Å². The van der Waals surface area contributed by atoms with Crippen molar-refractivity contribution in [2.24, 2.45) is 0 Å². The van der Waals surface area contributed by atoms with E-state index in [2.05, 4.69) is 21.2 Å². The number of nitrogens with one attached hydrogen (secondary N) is 1. The third-order valence-corrected chi connectivity index (χ3v) is 4.75. The number of hydrogen-bond acceptors (Lipinski definition) is 3. The fourth-order valence-corrected chi connectivity index (χ4v) is 3.43. The second-order valence-corrected chi connectivity index (χ2v) is 8.21. The van der Waals surface area contributed by atoms with Crippen LogP contribution in [0.3, 0.4) is 0 Å². The topological polar surface area (TPSA) is 66.5 Å². The maximum Gasteiger partial charge on any atom is 0.262 e. The molecule has 1 aliphatic heterocycles. The zero-order valence-corrected chi connectivity index (χ0v) is 16.6. The van der Waals surface area contributed by atoms with E-state index < -0.39 is 5.54 Å². The van der Waals surface area contributed by atoms with Crippen LogP contribution in [0, 0.1) is 6.92 Å². The Morgan fingerprint density at radius 2 is 1.65 bits per heavy atom. The van der Waals surface area contributed by atoms with E-state index in [0.29, 0.717) is 16.8 Å². The number of imide groups is 1. The minimum atomic E-state index is -0.621. The molecule has 0 saturated carbocycles. The van der Waals surface area contributed by atoms with Gasteiger partial charge in [0, 0.05) is 21.3 Å². The lowest BCUT2D eigenvalue weighted by Crippen LogP contribution is -2.45. The Labute approximate surface area is 160 Å². The molecule has 134 valence electrons. The van der Waals surface area contributed by atoms with Crippen molar-refractivity contribution in [2.75, 3.05) is 5.32 Å². The van der Waals surface area contributed by atoms with Crippen molar-refractivity contribution < 1.29 is 14.4 Å². The first-order valence-electron chi connectivity index (χ1n) is 8.20. The average molecular weight is 415 g/mol. The van der Waals surface area contributed by atoms with Crippen LogP contribution in [0.5, 0.6) is 0 Å². The average Bonchev–Trinajstić information content (AvgIpc) is 2.80. The first-order chi connectivity index (χ1) is 12.1. The Morgan fingerprint density at radius 3 is 2.27 bits per heavy atom. The van der Waals surface area contributed by atoms with Crippen LogP contribution in [-0.2, 0) is 0 Å². The molecule has 0 saturated heterocycles. The van der Waals surface area contributed by atoms with E-state index in [4.69, 9.17) is 0 Å². The Bertz CT molecular complexity index is 945. The van der Waals surface area contributed by atoms with Crippen molar-refractivity contribution in [3.8, 4) is 0 Å². The number of hydrogen-bond donors (Lipinski definition) is 1. The summed E-state index contributed by atoms with van der Waals surface area (Å²) in [6.45, 7) is 7.31. The van der Waals surface area contributed by atoms with E-state index in [1.165, 1.54) is 11.0 Å². The molecule has 0 fully saturated rings. The number of rotatable bonds is 2. The minimum absolute atomic E-state index is 0.269. The predicted octanol–water partition coefficient (Wildman–Crippen LogP) is 4.40. The van der Waals surface area contributed by atoms with Gasteiger partial charge in [0.2, 0.25) is 0 Å². The van der Waals surface area contributed by atoms with Gasteiger partial charge in [0.05, 0.1) is 11.1 Å². The van der Waals surface area contributed by atoms with Crippen molar-refractivity contribution in [2.45, 2.75) is 33.2 Å². The Morgan fingerprint density at radius 1 is 1.00 bits per heavy atom. The highest BCUT2D eigenvalue weighted by Crippen LogP contribution is 2.30. The summed E-state index contributed by atoms with van der Waals surface area (Å²) < 4.78 is 0.928. The number of carbonyl (C=O) groups excluding carboxylic acids is 3. The molecule has 0 aromatic heterocycles. The molecular formula is C20H19BrN2O3. The van der Waals surface area contributed by atoms with Gasteiger partial charge in [-0.1, -0.05) is 15.9 Å². The van der Waals surface area contributed by atoms with Crippen molar-refractivity contribution in [3.05, 3.63) is 63.1 Å². The van der Waals surface area contributed by atoms with Gasteiger partial charge in [0.25, 0.3) is 17.7 Å². The van der Waals surface area contributed by atoms with Gasteiger partial charge in [-0.3, -0.25) is 19.3 Å². The SMILES string of the molecule is Cc1cc(Br)ccc1NC(=O)c1ccc2c(c1)C(=O)N(C(C)(C)C)C2=O. The maximum absolute atomic E-state index is 12.6. The second-order valence-electron chi connectivity index (χ2n) is 7.29. The standard InChI is InChI=1S/C20H19BrN2O3/c1-11-9-13(21)6-8-16(11)22-17(24)12-5-7-14-15(10-12)19(26)23(18(14)25)20(2,3)4/h5-10H,1-4H3,(H,22,24). The highest BCUT2D eigenvalue weighted by atomic mass is 79.9. The summed E-state index contributed by atoms with van der Waals surface area (Å²) in [6, 6.07) is 10.2. The lowest BCUT2D eigenvalue weighted by molar-refractivity contribution is 0.0507. The van der Waals surface area contributed by atoms with E-state index in [9.17, 15) is 14.4 Å². The molecular weight excluding hydrogens is 396 g/mol. The fourth-order valence-electron chi connectivity index (χ4n) is 2.95. The van der Waals surface area contributed by atoms with Crippen molar-refractivity contribution in [1.29, 1.82) is 0 Å². The number of halogens is 1. The molecule has 2 aromatic carbocycles. The molecule has 26 heavy (non-hydrogen) atoms. The highest BCUT2D eigenvalue weighted by molar-refractivity contribution is 9.10. The van der Waals surface area contributed by atoms with Gasteiger partial charge >= 0.3 is 0 Å². The lowest BCUT2D eigenvalue weighted by Gasteiger charge is -2.29. The van der Waals surface area contributed by atoms with Gasteiger partial charge in [-0.25, -0.2) is 0 Å². The smallest absolute Gasteiger partial charge is 0.262 e. The third kappa shape index (κ3) is 3.17. The van der Waals surface area contributed by atoms with Gasteiger partial charge in [-0.15, -0.1) is 0 Å². The lowest BCUT2D eigenvalue weighted by atomic mass is 10.0. The number of benzene rings is 2. The number of nitrogens with zero attached hydrogens (tertiary/aromatic N) is 1. The first-order valence-corrected chi connectivity index (χ1v) is 8.99. The Kier molecular flexibility index (Phi) is 4.48. The van der Waals surface area contributed by atoms with E-state index in [-0.39, 0.29) is 23.3 Å². The maximum atomic E-state index is 12.6. The van der Waals surface area contributed by atoms with Crippen LogP contribution >= 0.6 is 15.9 Å². The molecule has 0 unspecified atom stereocenters. The zero-order chi connectivity index (χ0) is 19.2. The summed E-state index contributed by atoms with van der Waals surface area (Å²) in [5.74, 6) is -1.02. The summed E-state index contributed by atoms with van der Waals surface area (Å²) in [6.07, 6.45) is 0. The second kappa shape index (κ2) is 6.36. The molecule has 3 amide bonds. The molecule has 2 aromatic rings. The largest absolute Gasteiger partial charge is 0.322 e. The van der Waals surface area contributed by atoms with Crippen LogP contribution in [0.1, 0.15) is 57.4 Å². The summed E-state index contributed by atoms with van der Waals surface area (Å²) in [4.78, 5) is 39.0. The molecule has 0 atom stereocenters. The molecule has 5 nitrogen and oxygen atoms in total. The van der Waals surface area contributed by atoms with Crippen LogP contribution in [-0.4, -0.2) is 28.2 Å². The van der Waals surface area contributed by atoms with E-state index >= 15 is 0 Å². The van der Waals surface area contributed by atoms with Crippen LogP contribution in [0.25, 0.3) is 0 Å². The molecule has 1 aliphatic rings. The molecule has 1 N–H and O–H groups in total. The molecule has 0 bridgehead atoms. The number of aryl methyl sites for hydroxylation is 1. The van der Waals surface area contributed by atoms with Crippen molar-refractivity contribution in [1.82, 2.24) is 4.90 Å². The minimum Gasteiger partial charge on any atom is -0.322 e. The van der Waals surface area contributed by atoms with Crippen molar-refractivity contribution >= 4 is 39.3 Å². The fraction of sp³-hybridized carbons (Fsp3) is 0.250. The molecule has 6 heteroatoms. The predicted molar refractivity (Wildman–Crippen MR) is 104 cm³/mol. The van der Waals surface area contributed by atoms with E-state index in [0.717, 1.165) is 10.0 Å². The molecule has 1 heterocycles. The van der Waals surface area contributed by atoms with E-state index in [1.807, 2.05) is 19.1 Å². The molecule has 0 aliphatic carbocycles. The number of amides is 3. The number of fused-ring (bicyclic) bond motifs is 1. The Hall–Kier alpha value is -2.47. The van der Waals surface area contributed by atoms with Crippen LogP contribution in [0.15, 0.2) is 40.9 Å². The van der Waals surface area contributed by atoms with E-state index in [1.54, 1.807) is 39.0 Å². The van der Waals surface area contributed by atoms with Gasteiger partial charge in [0.15, 0.2) is 0 Å².